The maximum Gasteiger partial charge on any atom is 0.132 e. The maximum atomic E-state index is 12.2. The molecule has 1 rings (SSSR count). The molecule has 1 aromatic rings. The van der Waals surface area contributed by atoms with Gasteiger partial charge in [0, 0.05) is 5.75 Å². The van der Waals surface area contributed by atoms with Gasteiger partial charge >= 0.3 is 0 Å². The molecule has 0 saturated carbocycles. The lowest BCUT2D eigenvalue weighted by atomic mass is 10.1. The lowest BCUT2D eigenvalue weighted by Crippen LogP contribution is -2.11. The molecule has 0 aliphatic rings. The van der Waals surface area contributed by atoms with Gasteiger partial charge in [-0.15, -0.1) is 11.8 Å². The molecule has 0 aliphatic carbocycles. The van der Waals surface area contributed by atoms with Gasteiger partial charge in [0.2, 0.25) is 0 Å². The minimum atomic E-state index is -0.285. The van der Waals surface area contributed by atoms with E-state index in [0.717, 1.165) is 40.7 Å². The molecule has 0 radical (unpaired) electrons. The highest BCUT2D eigenvalue weighted by Gasteiger charge is 2.11. The largest absolute Gasteiger partial charge is 0.496 e. The van der Waals surface area contributed by atoms with Gasteiger partial charge in [0.05, 0.1) is 25.8 Å². The fourth-order valence-corrected chi connectivity index (χ4v) is 2.69. The number of likely N-dealkylation sites (N-methyl/N-ethyl adjacent to an activating group) is 1. The summed E-state index contributed by atoms with van der Waals surface area (Å²) >= 11 is 1.60. The van der Waals surface area contributed by atoms with Crippen LogP contribution < -0.4 is 14.8 Å². The third-order valence-electron chi connectivity index (χ3n) is 2.75. The summed E-state index contributed by atoms with van der Waals surface area (Å²) in [6.07, 6.45) is 1.43. The highest BCUT2D eigenvalue weighted by Crippen LogP contribution is 2.36. The molecule has 0 spiro atoms. The van der Waals surface area contributed by atoms with Crippen LogP contribution in [0, 0.1) is 0 Å². The molecule has 0 heterocycles. The van der Waals surface area contributed by atoms with Gasteiger partial charge in [-0.25, -0.2) is 0 Å². The quantitative estimate of drug-likeness (QED) is 0.559. The van der Waals surface area contributed by atoms with Gasteiger partial charge in [0.1, 0.15) is 11.5 Å². The van der Waals surface area contributed by atoms with Crippen LogP contribution >= 0.6 is 11.8 Å². The van der Waals surface area contributed by atoms with E-state index in [-0.39, 0.29) is 6.67 Å². The molecule has 1 N–H and O–H groups in total. The molecule has 0 atom stereocenters. The second kappa shape index (κ2) is 9.04. The molecule has 1 aromatic carbocycles. The summed E-state index contributed by atoms with van der Waals surface area (Å²) in [5.41, 5.74) is 1.11. The van der Waals surface area contributed by atoms with Crippen molar-refractivity contribution in [3.8, 4) is 11.5 Å². The summed E-state index contributed by atoms with van der Waals surface area (Å²) in [6.45, 7) is 0.598. The molecule has 0 amide bonds. The number of methoxy groups -OCH3 is 2. The molecule has 5 heteroatoms. The number of hydrogen-bond donors (Lipinski definition) is 1. The highest BCUT2D eigenvalue weighted by molar-refractivity contribution is 7.99. The van der Waals surface area contributed by atoms with Gasteiger partial charge in [0.15, 0.2) is 0 Å². The molecule has 0 unspecified atom stereocenters. The Balaban J connectivity index is 2.91. The average molecular weight is 287 g/mol. The van der Waals surface area contributed by atoms with E-state index in [2.05, 4.69) is 5.32 Å². The minimum absolute atomic E-state index is 0.285. The van der Waals surface area contributed by atoms with Crippen LogP contribution in [0.15, 0.2) is 17.0 Å². The summed E-state index contributed by atoms with van der Waals surface area (Å²) in [7, 11) is 5.24. The van der Waals surface area contributed by atoms with Crippen molar-refractivity contribution >= 4 is 11.8 Å². The second-order valence-corrected chi connectivity index (χ2v) is 5.20. The highest BCUT2D eigenvalue weighted by atomic mass is 32.2. The van der Waals surface area contributed by atoms with Crippen molar-refractivity contribution in [3.05, 3.63) is 17.7 Å². The number of benzene rings is 1. The van der Waals surface area contributed by atoms with Gasteiger partial charge in [-0.3, -0.25) is 4.39 Å². The molecule has 0 bridgehead atoms. The first-order valence-electron chi connectivity index (χ1n) is 6.35. The number of ether oxygens (including phenoxy) is 2. The molecule has 0 aliphatic heterocycles. The van der Waals surface area contributed by atoms with E-state index in [1.807, 2.05) is 19.2 Å². The zero-order valence-electron chi connectivity index (χ0n) is 11.8. The molecule has 3 nitrogen and oxygen atoms in total. The van der Waals surface area contributed by atoms with Crippen molar-refractivity contribution in [3.63, 3.8) is 0 Å². The molecule has 108 valence electrons. The normalized spacial score (nSPS) is 10.5. The van der Waals surface area contributed by atoms with Gasteiger partial charge < -0.3 is 14.8 Å². The van der Waals surface area contributed by atoms with Crippen LogP contribution in [-0.2, 0) is 6.42 Å². The Kier molecular flexibility index (Phi) is 7.67. The molecule has 0 fully saturated rings. The number of hydrogen-bond acceptors (Lipinski definition) is 4. The predicted octanol–water partition coefficient (Wildman–Crippen LogP) is 2.92. The van der Waals surface area contributed by atoms with Crippen molar-refractivity contribution in [1.29, 1.82) is 0 Å². The maximum absolute atomic E-state index is 12.2. The van der Waals surface area contributed by atoms with Crippen LogP contribution in [-0.4, -0.2) is 40.2 Å². The Morgan fingerprint density at radius 2 is 1.95 bits per heavy atom. The van der Waals surface area contributed by atoms with Gasteiger partial charge in [0.25, 0.3) is 0 Å². The second-order valence-electron chi connectivity index (χ2n) is 4.06. The zero-order valence-corrected chi connectivity index (χ0v) is 12.6. The van der Waals surface area contributed by atoms with Crippen LogP contribution in [0.3, 0.4) is 0 Å². The van der Waals surface area contributed by atoms with E-state index < -0.39 is 0 Å². The van der Waals surface area contributed by atoms with Crippen molar-refractivity contribution in [2.45, 2.75) is 17.7 Å². The first-order valence-corrected chi connectivity index (χ1v) is 7.33. The fraction of sp³-hybridized carbons (Fsp3) is 0.571. The standard InChI is InChI=1S/C14H22FNO2S/c1-16-7-5-11-9-13(18-3)14(10-12(11)17-2)19-8-4-6-15/h9-10,16H,4-8H2,1-3H3. The summed E-state index contributed by atoms with van der Waals surface area (Å²) in [5.74, 6) is 2.43. The Morgan fingerprint density at radius 1 is 1.21 bits per heavy atom. The van der Waals surface area contributed by atoms with Crippen LogP contribution in [0.25, 0.3) is 0 Å². The molecular formula is C14H22FNO2S. The third kappa shape index (κ3) is 4.91. The summed E-state index contributed by atoms with van der Waals surface area (Å²) in [4.78, 5) is 1.00. The Hall–Kier alpha value is -0.940. The predicted molar refractivity (Wildman–Crippen MR) is 78.5 cm³/mol. The number of thioether (sulfide) groups is 1. The summed E-state index contributed by atoms with van der Waals surface area (Å²) in [6, 6.07) is 3.99. The Labute approximate surface area is 118 Å². The first-order chi connectivity index (χ1) is 9.26. The first kappa shape index (κ1) is 16.1. The van der Waals surface area contributed by atoms with E-state index in [9.17, 15) is 4.39 Å². The fourth-order valence-electron chi connectivity index (χ4n) is 1.74. The Bertz CT molecular complexity index is 388. The molecule has 19 heavy (non-hydrogen) atoms. The van der Waals surface area contributed by atoms with E-state index >= 15 is 0 Å². The van der Waals surface area contributed by atoms with Crippen molar-refractivity contribution < 1.29 is 13.9 Å². The smallest absolute Gasteiger partial charge is 0.132 e. The van der Waals surface area contributed by atoms with Gasteiger partial charge in [-0.05, 0) is 44.1 Å². The van der Waals surface area contributed by atoms with Crippen LogP contribution in [0.2, 0.25) is 0 Å². The van der Waals surface area contributed by atoms with E-state index in [0.29, 0.717) is 6.42 Å². The van der Waals surface area contributed by atoms with E-state index in [1.54, 1.807) is 26.0 Å². The molecular weight excluding hydrogens is 265 g/mol. The van der Waals surface area contributed by atoms with Crippen LogP contribution in [0.1, 0.15) is 12.0 Å². The van der Waals surface area contributed by atoms with E-state index in [1.165, 1.54) is 0 Å². The van der Waals surface area contributed by atoms with Crippen LogP contribution in [0.5, 0.6) is 11.5 Å². The topological polar surface area (TPSA) is 30.5 Å². The minimum Gasteiger partial charge on any atom is -0.496 e. The molecule has 0 saturated heterocycles. The monoisotopic (exact) mass is 287 g/mol. The van der Waals surface area contributed by atoms with Gasteiger partial charge in [-0.2, -0.15) is 0 Å². The van der Waals surface area contributed by atoms with Crippen molar-refractivity contribution in [1.82, 2.24) is 5.32 Å². The number of halogens is 1. The third-order valence-corrected chi connectivity index (χ3v) is 3.87. The number of rotatable bonds is 9. The molecule has 0 aromatic heterocycles. The lowest BCUT2D eigenvalue weighted by molar-refractivity contribution is 0.390. The SMILES string of the molecule is CNCCc1cc(OC)c(SCCCF)cc1OC. The lowest BCUT2D eigenvalue weighted by Gasteiger charge is -2.14. The van der Waals surface area contributed by atoms with Gasteiger partial charge in [-0.1, -0.05) is 0 Å². The van der Waals surface area contributed by atoms with Crippen molar-refractivity contribution in [2.24, 2.45) is 0 Å². The number of nitrogens with one attached hydrogen (secondary N) is 1. The van der Waals surface area contributed by atoms with E-state index in [4.69, 9.17) is 9.47 Å². The number of alkyl halides is 1. The summed E-state index contributed by atoms with van der Waals surface area (Å²) < 4.78 is 23.0. The summed E-state index contributed by atoms with van der Waals surface area (Å²) in [5, 5.41) is 3.12. The van der Waals surface area contributed by atoms with Crippen molar-refractivity contribution in [2.75, 3.05) is 40.2 Å². The Morgan fingerprint density at radius 3 is 2.53 bits per heavy atom. The zero-order chi connectivity index (χ0) is 14.1. The average Bonchev–Trinajstić information content (AvgIpc) is 2.45. The van der Waals surface area contributed by atoms with Crippen LogP contribution in [0.4, 0.5) is 4.39 Å².